The Bertz CT molecular complexity index is 971. The molecule has 0 N–H and O–H groups in total. The van der Waals surface area contributed by atoms with E-state index >= 15 is 0 Å². The molecule has 2 aromatic rings. The summed E-state index contributed by atoms with van der Waals surface area (Å²) in [5.41, 5.74) is 1.89. The number of esters is 1. The Hall–Kier alpha value is -2.58. The second kappa shape index (κ2) is 8.84. The molecule has 0 spiro atoms. The lowest BCUT2D eigenvalue weighted by atomic mass is 10.0. The van der Waals surface area contributed by atoms with Crippen LogP contribution in [0.25, 0.3) is 0 Å². The number of hydrogen-bond donors (Lipinski definition) is 0. The lowest BCUT2D eigenvalue weighted by Crippen LogP contribution is -2.31. The summed E-state index contributed by atoms with van der Waals surface area (Å²) in [4.78, 5) is 11.5. The fraction of sp³-hybridized carbons (Fsp3) is 0.381. The lowest BCUT2D eigenvalue weighted by Gasteiger charge is -2.25. The van der Waals surface area contributed by atoms with Crippen LogP contribution in [-0.4, -0.2) is 46.6 Å². The summed E-state index contributed by atoms with van der Waals surface area (Å²) in [5.74, 6) is 0.604. The molecule has 8 heteroatoms. The van der Waals surface area contributed by atoms with Crippen LogP contribution >= 0.6 is 0 Å². The zero-order valence-electron chi connectivity index (χ0n) is 16.8. The first-order valence-electron chi connectivity index (χ1n) is 9.28. The van der Waals surface area contributed by atoms with Gasteiger partial charge in [-0.3, -0.25) is 0 Å². The molecule has 0 aliphatic carbocycles. The average Bonchev–Trinajstić information content (AvgIpc) is 3.24. The topological polar surface area (TPSA) is 82.1 Å². The highest BCUT2D eigenvalue weighted by Crippen LogP contribution is 2.38. The first-order chi connectivity index (χ1) is 13.9. The summed E-state index contributed by atoms with van der Waals surface area (Å²) in [6.45, 7) is 0.474. The van der Waals surface area contributed by atoms with Crippen LogP contribution in [0.3, 0.4) is 0 Å². The highest BCUT2D eigenvalue weighted by Gasteiger charge is 2.35. The summed E-state index contributed by atoms with van der Waals surface area (Å²) in [5, 5.41) is 0. The first kappa shape index (κ1) is 21.1. The van der Waals surface area contributed by atoms with Crippen molar-refractivity contribution in [2.75, 3.05) is 27.9 Å². The van der Waals surface area contributed by atoms with Gasteiger partial charge in [0.15, 0.2) is 11.5 Å². The number of benzene rings is 2. The minimum absolute atomic E-state index is 0.127. The maximum atomic E-state index is 13.1. The zero-order chi connectivity index (χ0) is 21.0. The predicted molar refractivity (Wildman–Crippen MR) is 109 cm³/mol. The van der Waals surface area contributed by atoms with Crippen molar-refractivity contribution in [2.24, 2.45) is 0 Å². The van der Waals surface area contributed by atoms with Crippen molar-refractivity contribution in [1.82, 2.24) is 4.31 Å². The third-order valence-corrected chi connectivity index (χ3v) is 6.93. The van der Waals surface area contributed by atoms with Gasteiger partial charge in [-0.2, -0.15) is 4.31 Å². The molecule has 0 aromatic heterocycles. The Morgan fingerprint density at radius 2 is 1.72 bits per heavy atom. The van der Waals surface area contributed by atoms with E-state index in [0.29, 0.717) is 29.2 Å². The van der Waals surface area contributed by atoms with E-state index in [1.54, 1.807) is 48.9 Å². The van der Waals surface area contributed by atoms with Crippen LogP contribution in [0.2, 0.25) is 0 Å². The van der Waals surface area contributed by atoms with E-state index in [-0.39, 0.29) is 11.8 Å². The lowest BCUT2D eigenvalue weighted by molar-refractivity contribution is 0.0600. The SMILES string of the molecule is COC(=O)c1ccc(CS(=O)(=O)N2CCC[C@@H]2c2ccc(OC)c(OC)c2)cc1. The largest absolute Gasteiger partial charge is 0.493 e. The van der Waals surface area contributed by atoms with Crippen molar-refractivity contribution >= 4 is 16.0 Å². The summed E-state index contributed by atoms with van der Waals surface area (Å²) >= 11 is 0. The van der Waals surface area contributed by atoms with Crippen LogP contribution in [0.4, 0.5) is 0 Å². The van der Waals surface area contributed by atoms with E-state index < -0.39 is 16.0 Å². The Kier molecular flexibility index (Phi) is 6.44. The number of hydrogen-bond acceptors (Lipinski definition) is 6. The van der Waals surface area contributed by atoms with Gasteiger partial charge in [-0.25, -0.2) is 13.2 Å². The molecule has 1 fully saturated rings. The highest BCUT2D eigenvalue weighted by atomic mass is 32.2. The number of carbonyl (C=O) groups excluding carboxylic acids is 1. The van der Waals surface area contributed by atoms with E-state index in [1.807, 2.05) is 12.1 Å². The third-order valence-electron chi connectivity index (χ3n) is 5.08. The molecule has 1 aliphatic heterocycles. The maximum absolute atomic E-state index is 13.1. The number of sulfonamides is 1. The quantitative estimate of drug-likeness (QED) is 0.641. The van der Waals surface area contributed by atoms with E-state index in [2.05, 4.69) is 4.74 Å². The summed E-state index contributed by atoms with van der Waals surface area (Å²) in [7, 11) is 0.892. The molecule has 3 rings (SSSR count). The van der Waals surface area contributed by atoms with E-state index in [9.17, 15) is 13.2 Å². The Balaban J connectivity index is 1.81. The minimum atomic E-state index is -3.54. The Labute approximate surface area is 171 Å². The van der Waals surface area contributed by atoms with Gasteiger partial charge < -0.3 is 14.2 Å². The molecule has 0 saturated carbocycles. The van der Waals surface area contributed by atoms with Gasteiger partial charge in [-0.15, -0.1) is 0 Å². The number of nitrogens with zero attached hydrogens (tertiary/aromatic N) is 1. The van der Waals surface area contributed by atoms with Crippen molar-refractivity contribution in [2.45, 2.75) is 24.6 Å². The van der Waals surface area contributed by atoms with Gasteiger partial charge in [-0.05, 0) is 48.2 Å². The van der Waals surface area contributed by atoms with Gasteiger partial charge >= 0.3 is 5.97 Å². The summed E-state index contributed by atoms with van der Waals surface area (Å²) < 4.78 is 43.1. The van der Waals surface area contributed by atoms with Crippen molar-refractivity contribution in [3.8, 4) is 11.5 Å². The molecule has 1 atom stereocenters. The monoisotopic (exact) mass is 419 g/mol. The van der Waals surface area contributed by atoms with Gasteiger partial charge in [0, 0.05) is 12.6 Å². The number of rotatable bonds is 7. The third kappa shape index (κ3) is 4.54. The van der Waals surface area contributed by atoms with Crippen LogP contribution in [-0.2, 0) is 20.5 Å². The van der Waals surface area contributed by atoms with E-state index in [0.717, 1.165) is 18.4 Å². The van der Waals surface area contributed by atoms with Gasteiger partial charge in [0.1, 0.15) is 0 Å². The second-order valence-electron chi connectivity index (χ2n) is 6.83. The second-order valence-corrected chi connectivity index (χ2v) is 8.75. The maximum Gasteiger partial charge on any atom is 0.337 e. The molecule has 1 aliphatic rings. The first-order valence-corrected chi connectivity index (χ1v) is 10.9. The van der Waals surface area contributed by atoms with Gasteiger partial charge in [-0.1, -0.05) is 18.2 Å². The normalized spacial score (nSPS) is 17.1. The molecular formula is C21H25NO6S. The Morgan fingerprint density at radius 1 is 1.03 bits per heavy atom. The molecule has 1 saturated heterocycles. The van der Waals surface area contributed by atoms with Crippen molar-refractivity contribution in [3.63, 3.8) is 0 Å². The fourth-order valence-electron chi connectivity index (χ4n) is 3.61. The van der Waals surface area contributed by atoms with Crippen LogP contribution in [0, 0.1) is 0 Å². The molecule has 0 bridgehead atoms. The molecule has 2 aromatic carbocycles. The van der Waals surface area contributed by atoms with Gasteiger partial charge in [0.2, 0.25) is 10.0 Å². The molecule has 29 heavy (non-hydrogen) atoms. The van der Waals surface area contributed by atoms with Crippen LogP contribution in [0.1, 0.15) is 40.4 Å². The average molecular weight is 419 g/mol. The molecule has 156 valence electrons. The van der Waals surface area contributed by atoms with Gasteiger partial charge in [0.25, 0.3) is 0 Å². The predicted octanol–water partition coefficient (Wildman–Crippen LogP) is 3.16. The molecule has 0 unspecified atom stereocenters. The number of ether oxygens (including phenoxy) is 3. The van der Waals surface area contributed by atoms with Crippen molar-refractivity contribution in [1.29, 1.82) is 0 Å². The number of carbonyl (C=O) groups is 1. The van der Waals surface area contributed by atoms with E-state index in [1.165, 1.54) is 7.11 Å². The summed E-state index contributed by atoms with van der Waals surface area (Å²) in [6.07, 6.45) is 1.54. The van der Waals surface area contributed by atoms with E-state index in [4.69, 9.17) is 9.47 Å². The van der Waals surface area contributed by atoms with Gasteiger partial charge in [0.05, 0.1) is 32.6 Å². The van der Waals surface area contributed by atoms with Crippen LogP contribution < -0.4 is 9.47 Å². The van der Waals surface area contributed by atoms with Crippen molar-refractivity contribution < 1.29 is 27.4 Å². The molecular weight excluding hydrogens is 394 g/mol. The summed E-state index contributed by atoms with van der Waals surface area (Å²) in [6, 6.07) is 11.7. The van der Waals surface area contributed by atoms with Crippen molar-refractivity contribution in [3.05, 3.63) is 59.2 Å². The standard InChI is InChI=1S/C21H25NO6S/c1-26-19-11-10-17(13-20(19)27-2)18-5-4-12-22(18)29(24,25)14-15-6-8-16(9-7-15)21(23)28-3/h6-11,13,18H,4-5,12,14H2,1-3H3/t18-/m1/s1. The highest BCUT2D eigenvalue weighted by molar-refractivity contribution is 7.88. The van der Waals surface area contributed by atoms with Crippen LogP contribution in [0.5, 0.6) is 11.5 Å². The molecule has 0 amide bonds. The number of methoxy groups -OCH3 is 3. The van der Waals surface area contributed by atoms with Crippen LogP contribution in [0.15, 0.2) is 42.5 Å². The smallest absolute Gasteiger partial charge is 0.337 e. The molecule has 7 nitrogen and oxygen atoms in total. The Morgan fingerprint density at radius 3 is 2.34 bits per heavy atom. The minimum Gasteiger partial charge on any atom is -0.493 e. The molecule has 0 radical (unpaired) electrons. The molecule has 1 heterocycles. The zero-order valence-corrected chi connectivity index (χ0v) is 17.6. The fourth-order valence-corrected chi connectivity index (χ4v) is 5.42.